The van der Waals surface area contributed by atoms with E-state index >= 15 is 0 Å². The van der Waals surface area contributed by atoms with E-state index in [9.17, 15) is 4.79 Å². The Hall–Kier alpha value is -2.75. The van der Waals surface area contributed by atoms with Crippen molar-refractivity contribution in [3.8, 4) is 11.5 Å². The molecular weight excluding hydrogens is 280 g/mol. The number of carbonyl (C=O) groups excluding carboxylic acids is 1. The van der Waals surface area contributed by atoms with Crippen molar-refractivity contribution in [1.82, 2.24) is 0 Å². The van der Waals surface area contributed by atoms with Crippen LogP contribution in [0.5, 0.6) is 11.5 Å². The molecule has 4 heteroatoms. The number of hydrogen-bond donors (Lipinski definition) is 0. The average molecular weight is 298 g/mol. The van der Waals surface area contributed by atoms with Crippen molar-refractivity contribution in [3.63, 3.8) is 0 Å². The highest BCUT2D eigenvalue weighted by Gasteiger charge is 2.03. The summed E-state index contributed by atoms with van der Waals surface area (Å²) in [4.78, 5) is 11.7. The Bertz CT molecular complexity index is 603. The van der Waals surface area contributed by atoms with Crippen LogP contribution in [0.3, 0.4) is 0 Å². The molecule has 0 spiro atoms. The molecule has 0 aromatic heterocycles. The topological polar surface area (TPSA) is 44.8 Å². The third-order valence-corrected chi connectivity index (χ3v) is 2.89. The lowest BCUT2D eigenvalue weighted by Crippen LogP contribution is -2.04. The highest BCUT2D eigenvalue weighted by atomic mass is 16.5. The third-order valence-electron chi connectivity index (χ3n) is 2.89. The molecule has 0 atom stereocenters. The monoisotopic (exact) mass is 298 g/mol. The van der Waals surface area contributed by atoms with Crippen LogP contribution in [0.25, 0.3) is 0 Å². The number of methoxy groups -OCH3 is 1. The third kappa shape index (κ3) is 4.98. The summed E-state index contributed by atoms with van der Waals surface area (Å²) >= 11 is 0. The van der Waals surface area contributed by atoms with Gasteiger partial charge in [-0.05, 0) is 48.6 Å². The van der Waals surface area contributed by atoms with Gasteiger partial charge in [0.15, 0.2) is 0 Å². The van der Waals surface area contributed by atoms with Gasteiger partial charge in [0, 0.05) is 0 Å². The first kappa shape index (κ1) is 15.6. The number of benzene rings is 2. The summed E-state index contributed by atoms with van der Waals surface area (Å²) < 4.78 is 15.7. The predicted octanol–water partition coefficient (Wildman–Crippen LogP) is 3.49. The maximum atomic E-state index is 11.7. The Morgan fingerprint density at radius 1 is 0.909 bits per heavy atom. The van der Waals surface area contributed by atoms with Crippen molar-refractivity contribution >= 4 is 5.97 Å². The van der Waals surface area contributed by atoms with Crippen LogP contribution in [0.1, 0.15) is 10.4 Å². The molecular formula is C18H18O4. The van der Waals surface area contributed by atoms with Crippen LogP contribution in [-0.4, -0.2) is 26.3 Å². The fourth-order valence-electron chi connectivity index (χ4n) is 1.73. The second kappa shape index (κ2) is 8.52. The molecule has 0 bridgehead atoms. The summed E-state index contributed by atoms with van der Waals surface area (Å²) in [5.74, 6) is 1.21. The van der Waals surface area contributed by atoms with Gasteiger partial charge in [0.2, 0.25) is 0 Å². The minimum atomic E-state index is -0.332. The second-order valence-corrected chi connectivity index (χ2v) is 4.42. The van der Waals surface area contributed by atoms with E-state index in [1.807, 2.05) is 36.4 Å². The summed E-state index contributed by atoms with van der Waals surface area (Å²) in [7, 11) is 1.62. The standard InChI is InChI=1S/C18H18O4/c1-20-16-9-11-17(12-10-16)21-13-5-6-14-22-18(19)15-7-3-2-4-8-15/h2-12H,13-14H2,1H3/b6-5+. The molecule has 0 aliphatic carbocycles. The summed E-state index contributed by atoms with van der Waals surface area (Å²) in [6.45, 7) is 0.634. The van der Waals surface area contributed by atoms with Gasteiger partial charge < -0.3 is 14.2 Å². The predicted molar refractivity (Wildman–Crippen MR) is 84.4 cm³/mol. The lowest BCUT2D eigenvalue weighted by molar-refractivity contribution is 0.0549. The highest BCUT2D eigenvalue weighted by molar-refractivity contribution is 5.89. The summed E-state index contributed by atoms with van der Waals surface area (Å²) in [6, 6.07) is 16.2. The van der Waals surface area contributed by atoms with E-state index in [0.717, 1.165) is 11.5 Å². The normalized spacial score (nSPS) is 10.4. The quantitative estimate of drug-likeness (QED) is 0.580. The smallest absolute Gasteiger partial charge is 0.338 e. The zero-order valence-corrected chi connectivity index (χ0v) is 12.4. The molecule has 0 aliphatic heterocycles. The van der Waals surface area contributed by atoms with Crippen LogP contribution in [0.15, 0.2) is 66.7 Å². The van der Waals surface area contributed by atoms with Crippen molar-refractivity contribution in [3.05, 3.63) is 72.3 Å². The number of esters is 1. The van der Waals surface area contributed by atoms with Crippen molar-refractivity contribution < 1.29 is 19.0 Å². The highest BCUT2D eigenvalue weighted by Crippen LogP contribution is 2.16. The van der Waals surface area contributed by atoms with Gasteiger partial charge in [0.1, 0.15) is 24.7 Å². The fourth-order valence-corrected chi connectivity index (χ4v) is 1.73. The zero-order chi connectivity index (χ0) is 15.6. The lowest BCUT2D eigenvalue weighted by atomic mass is 10.2. The molecule has 0 N–H and O–H groups in total. The van der Waals surface area contributed by atoms with Gasteiger partial charge in [-0.2, -0.15) is 0 Å². The van der Waals surface area contributed by atoms with E-state index in [4.69, 9.17) is 14.2 Å². The maximum absolute atomic E-state index is 11.7. The number of ether oxygens (including phenoxy) is 3. The van der Waals surface area contributed by atoms with E-state index < -0.39 is 0 Å². The van der Waals surface area contributed by atoms with Crippen LogP contribution >= 0.6 is 0 Å². The minimum Gasteiger partial charge on any atom is -0.497 e. The Morgan fingerprint density at radius 3 is 2.23 bits per heavy atom. The molecule has 0 fully saturated rings. The average Bonchev–Trinajstić information content (AvgIpc) is 2.59. The summed E-state index contributed by atoms with van der Waals surface area (Å²) in [6.07, 6.45) is 3.56. The maximum Gasteiger partial charge on any atom is 0.338 e. The number of hydrogen-bond acceptors (Lipinski definition) is 4. The second-order valence-electron chi connectivity index (χ2n) is 4.42. The Labute approximate surface area is 129 Å². The first-order valence-electron chi connectivity index (χ1n) is 6.93. The van der Waals surface area contributed by atoms with Crippen molar-refractivity contribution in [2.24, 2.45) is 0 Å². The van der Waals surface area contributed by atoms with Crippen molar-refractivity contribution in [2.75, 3.05) is 20.3 Å². The van der Waals surface area contributed by atoms with Crippen LogP contribution < -0.4 is 9.47 Å². The van der Waals surface area contributed by atoms with Gasteiger partial charge >= 0.3 is 5.97 Å². The van der Waals surface area contributed by atoms with Gasteiger partial charge in [-0.25, -0.2) is 4.79 Å². The molecule has 2 rings (SSSR count). The molecule has 0 radical (unpaired) electrons. The molecule has 22 heavy (non-hydrogen) atoms. The minimum absolute atomic E-state index is 0.222. The molecule has 0 amide bonds. The first-order chi connectivity index (χ1) is 10.8. The van der Waals surface area contributed by atoms with Gasteiger partial charge in [-0.15, -0.1) is 0 Å². The number of carbonyl (C=O) groups is 1. The first-order valence-corrected chi connectivity index (χ1v) is 6.93. The van der Waals surface area contributed by atoms with Crippen LogP contribution in [0.4, 0.5) is 0 Å². The fraction of sp³-hybridized carbons (Fsp3) is 0.167. The van der Waals surface area contributed by atoms with E-state index in [-0.39, 0.29) is 12.6 Å². The molecule has 4 nitrogen and oxygen atoms in total. The Kier molecular flexibility index (Phi) is 6.05. The summed E-state index contributed by atoms with van der Waals surface area (Å²) in [5, 5.41) is 0. The van der Waals surface area contributed by atoms with Crippen molar-refractivity contribution in [1.29, 1.82) is 0 Å². The van der Waals surface area contributed by atoms with Crippen LogP contribution in [0.2, 0.25) is 0 Å². The van der Waals surface area contributed by atoms with Crippen LogP contribution in [0, 0.1) is 0 Å². The molecule has 2 aromatic rings. The van der Waals surface area contributed by atoms with Gasteiger partial charge in [0.25, 0.3) is 0 Å². The van der Waals surface area contributed by atoms with Crippen LogP contribution in [-0.2, 0) is 4.74 Å². The Morgan fingerprint density at radius 2 is 1.55 bits per heavy atom. The SMILES string of the molecule is COc1ccc(OC/C=C/COC(=O)c2ccccc2)cc1. The van der Waals surface area contributed by atoms with E-state index in [1.165, 1.54) is 0 Å². The lowest BCUT2D eigenvalue weighted by Gasteiger charge is -2.04. The van der Waals surface area contributed by atoms with E-state index in [0.29, 0.717) is 12.2 Å². The summed E-state index contributed by atoms with van der Waals surface area (Å²) in [5.41, 5.74) is 0.547. The molecule has 0 aliphatic rings. The van der Waals surface area contributed by atoms with Gasteiger partial charge in [-0.1, -0.05) is 18.2 Å². The van der Waals surface area contributed by atoms with E-state index in [1.54, 1.807) is 37.5 Å². The molecule has 0 unspecified atom stereocenters. The molecule has 2 aromatic carbocycles. The Balaban J connectivity index is 1.67. The molecule has 0 saturated carbocycles. The number of rotatable bonds is 7. The zero-order valence-electron chi connectivity index (χ0n) is 12.4. The molecule has 0 heterocycles. The largest absolute Gasteiger partial charge is 0.497 e. The molecule has 0 saturated heterocycles. The molecule has 114 valence electrons. The van der Waals surface area contributed by atoms with E-state index in [2.05, 4.69) is 0 Å². The van der Waals surface area contributed by atoms with Crippen molar-refractivity contribution in [2.45, 2.75) is 0 Å². The van der Waals surface area contributed by atoms with Gasteiger partial charge in [0.05, 0.1) is 12.7 Å². The van der Waals surface area contributed by atoms with Gasteiger partial charge in [-0.3, -0.25) is 0 Å².